The molecule has 0 aliphatic carbocycles. The fraction of sp³-hybridized carbons (Fsp3) is 0.500. The van der Waals surface area contributed by atoms with Gasteiger partial charge in [-0.25, -0.2) is 0 Å². The number of carbonyl (C=O) groups excluding carboxylic acids is 1. The second-order valence-electron chi connectivity index (χ2n) is 4.58. The fourth-order valence-corrected chi connectivity index (χ4v) is 2.39. The Balaban J connectivity index is 2.19. The van der Waals surface area contributed by atoms with Crippen molar-refractivity contribution in [1.29, 1.82) is 0 Å². The quantitative estimate of drug-likeness (QED) is 0.754. The van der Waals surface area contributed by atoms with E-state index in [-0.39, 0.29) is 18.0 Å². The second kappa shape index (κ2) is 4.78. The summed E-state index contributed by atoms with van der Waals surface area (Å²) in [6.45, 7) is 4.17. The highest BCUT2D eigenvalue weighted by Gasteiger charge is 2.29. The Labute approximate surface area is 102 Å². The largest absolute Gasteiger partial charge is 0.497 e. The number of aryl methyl sites for hydroxylation is 1. The monoisotopic (exact) mass is 234 g/mol. The molecule has 0 saturated carbocycles. The van der Waals surface area contributed by atoms with E-state index < -0.39 is 0 Å². The first-order valence-electron chi connectivity index (χ1n) is 5.96. The SMILES string of the molecule is COc1ccc([C@@H](C)[C@H]2CCC(=O)O2)c(C)c1. The smallest absolute Gasteiger partial charge is 0.306 e. The van der Waals surface area contributed by atoms with Gasteiger partial charge in [0.25, 0.3) is 0 Å². The van der Waals surface area contributed by atoms with Gasteiger partial charge >= 0.3 is 5.97 Å². The third-order valence-electron chi connectivity index (χ3n) is 3.44. The highest BCUT2D eigenvalue weighted by atomic mass is 16.5. The van der Waals surface area contributed by atoms with Crippen molar-refractivity contribution in [2.45, 2.75) is 38.7 Å². The molecule has 1 saturated heterocycles. The summed E-state index contributed by atoms with van der Waals surface area (Å²) in [7, 11) is 1.66. The number of carbonyl (C=O) groups is 1. The van der Waals surface area contributed by atoms with E-state index >= 15 is 0 Å². The van der Waals surface area contributed by atoms with Crippen LogP contribution in [0.1, 0.15) is 36.8 Å². The van der Waals surface area contributed by atoms with Crippen molar-refractivity contribution in [3.05, 3.63) is 29.3 Å². The predicted molar refractivity (Wildman–Crippen MR) is 65.3 cm³/mol. The molecule has 0 radical (unpaired) electrons. The number of hydrogen-bond donors (Lipinski definition) is 0. The molecule has 0 N–H and O–H groups in total. The zero-order chi connectivity index (χ0) is 12.4. The summed E-state index contributed by atoms with van der Waals surface area (Å²) < 4.78 is 10.5. The lowest BCUT2D eigenvalue weighted by Crippen LogP contribution is -2.16. The van der Waals surface area contributed by atoms with Crippen molar-refractivity contribution < 1.29 is 14.3 Å². The molecule has 92 valence electrons. The zero-order valence-corrected chi connectivity index (χ0v) is 10.5. The van der Waals surface area contributed by atoms with Crippen LogP contribution in [0, 0.1) is 6.92 Å². The Morgan fingerprint density at radius 2 is 2.24 bits per heavy atom. The molecule has 3 nitrogen and oxygen atoms in total. The van der Waals surface area contributed by atoms with Crippen LogP contribution in [0.3, 0.4) is 0 Å². The first-order valence-corrected chi connectivity index (χ1v) is 5.96. The summed E-state index contributed by atoms with van der Waals surface area (Å²) in [6, 6.07) is 6.03. The van der Waals surface area contributed by atoms with Gasteiger partial charge in [0.15, 0.2) is 0 Å². The van der Waals surface area contributed by atoms with Crippen molar-refractivity contribution in [3.63, 3.8) is 0 Å². The van der Waals surface area contributed by atoms with Crippen molar-refractivity contribution in [2.24, 2.45) is 0 Å². The molecular weight excluding hydrogens is 216 g/mol. The maximum absolute atomic E-state index is 11.1. The second-order valence-corrected chi connectivity index (χ2v) is 4.58. The average molecular weight is 234 g/mol. The van der Waals surface area contributed by atoms with E-state index in [1.165, 1.54) is 11.1 Å². The summed E-state index contributed by atoms with van der Waals surface area (Å²) in [5.41, 5.74) is 2.41. The molecule has 0 bridgehead atoms. The summed E-state index contributed by atoms with van der Waals surface area (Å²) in [5.74, 6) is 1.03. The van der Waals surface area contributed by atoms with Crippen LogP contribution in [-0.2, 0) is 9.53 Å². The topological polar surface area (TPSA) is 35.5 Å². The Bertz CT molecular complexity index is 425. The van der Waals surface area contributed by atoms with E-state index in [2.05, 4.69) is 19.9 Å². The van der Waals surface area contributed by atoms with Crippen molar-refractivity contribution in [3.8, 4) is 5.75 Å². The van der Waals surface area contributed by atoms with Gasteiger partial charge in [-0.3, -0.25) is 4.79 Å². The van der Waals surface area contributed by atoms with Crippen molar-refractivity contribution in [1.82, 2.24) is 0 Å². The van der Waals surface area contributed by atoms with E-state index in [0.29, 0.717) is 6.42 Å². The average Bonchev–Trinajstić information content (AvgIpc) is 2.75. The van der Waals surface area contributed by atoms with E-state index in [4.69, 9.17) is 9.47 Å². The molecule has 2 atom stereocenters. The van der Waals surface area contributed by atoms with Crippen LogP contribution in [-0.4, -0.2) is 19.2 Å². The molecule has 1 aromatic rings. The first-order chi connectivity index (χ1) is 8.11. The van der Waals surface area contributed by atoms with Crippen LogP contribution in [0.15, 0.2) is 18.2 Å². The molecule has 3 heteroatoms. The minimum atomic E-state index is -0.0759. The van der Waals surface area contributed by atoms with E-state index in [0.717, 1.165) is 12.2 Å². The Morgan fingerprint density at radius 1 is 1.47 bits per heavy atom. The lowest BCUT2D eigenvalue weighted by molar-refractivity contribution is -0.142. The Morgan fingerprint density at radius 3 is 2.76 bits per heavy atom. The highest BCUT2D eigenvalue weighted by Crippen LogP contribution is 2.32. The van der Waals surface area contributed by atoms with Crippen molar-refractivity contribution >= 4 is 5.97 Å². The fourth-order valence-electron chi connectivity index (χ4n) is 2.39. The number of ether oxygens (including phenoxy) is 2. The summed E-state index contributed by atoms with van der Waals surface area (Å²) >= 11 is 0. The third-order valence-corrected chi connectivity index (χ3v) is 3.44. The Kier molecular flexibility index (Phi) is 3.36. The van der Waals surface area contributed by atoms with Gasteiger partial charge in [-0.15, -0.1) is 0 Å². The minimum absolute atomic E-state index is 0.0228. The van der Waals surface area contributed by atoms with Gasteiger partial charge in [-0.1, -0.05) is 13.0 Å². The number of rotatable bonds is 3. The first kappa shape index (κ1) is 12.0. The molecule has 1 aromatic carbocycles. The lowest BCUT2D eigenvalue weighted by Gasteiger charge is -2.20. The van der Waals surface area contributed by atoms with Gasteiger partial charge in [0.05, 0.1) is 7.11 Å². The molecule has 0 amide bonds. The third kappa shape index (κ3) is 2.43. The molecule has 0 unspecified atom stereocenters. The summed E-state index contributed by atoms with van der Waals surface area (Å²) in [5, 5.41) is 0. The van der Waals surface area contributed by atoms with Gasteiger partial charge in [0.1, 0.15) is 11.9 Å². The predicted octanol–water partition coefficient (Wildman–Crippen LogP) is 2.81. The maximum atomic E-state index is 11.1. The van der Waals surface area contributed by atoms with E-state index in [9.17, 15) is 4.79 Å². The Hall–Kier alpha value is -1.51. The molecule has 17 heavy (non-hydrogen) atoms. The van der Waals surface area contributed by atoms with Crippen LogP contribution in [0.25, 0.3) is 0 Å². The number of methoxy groups -OCH3 is 1. The molecule has 1 fully saturated rings. The molecule has 2 rings (SSSR count). The molecule has 1 aliphatic rings. The number of benzene rings is 1. The standard InChI is InChI=1S/C14H18O3/c1-9-8-11(16-3)4-5-12(9)10(2)13-6-7-14(15)17-13/h4-5,8,10,13H,6-7H2,1-3H3/t10-,13-/m1/s1. The minimum Gasteiger partial charge on any atom is -0.497 e. The van der Waals surface area contributed by atoms with Crippen LogP contribution >= 0.6 is 0 Å². The lowest BCUT2D eigenvalue weighted by atomic mass is 9.90. The number of hydrogen-bond acceptors (Lipinski definition) is 3. The van der Waals surface area contributed by atoms with Crippen LogP contribution in [0.2, 0.25) is 0 Å². The summed E-state index contributed by atoms with van der Waals surface area (Å²) in [6.07, 6.45) is 1.39. The maximum Gasteiger partial charge on any atom is 0.306 e. The molecule has 1 aliphatic heterocycles. The van der Waals surface area contributed by atoms with E-state index in [1.807, 2.05) is 12.1 Å². The van der Waals surface area contributed by atoms with Gasteiger partial charge in [0, 0.05) is 12.3 Å². The van der Waals surface area contributed by atoms with Crippen molar-refractivity contribution in [2.75, 3.05) is 7.11 Å². The highest BCUT2D eigenvalue weighted by molar-refractivity contribution is 5.71. The van der Waals surface area contributed by atoms with Crippen LogP contribution in [0.4, 0.5) is 0 Å². The number of esters is 1. The van der Waals surface area contributed by atoms with Gasteiger partial charge in [-0.2, -0.15) is 0 Å². The van der Waals surface area contributed by atoms with Crippen LogP contribution < -0.4 is 4.74 Å². The molecule has 1 heterocycles. The zero-order valence-electron chi connectivity index (χ0n) is 10.5. The van der Waals surface area contributed by atoms with Gasteiger partial charge < -0.3 is 9.47 Å². The van der Waals surface area contributed by atoms with Gasteiger partial charge in [-0.05, 0) is 36.6 Å². The normalized spacial score (nSPS) is 21.1. The number of cyclic esters (lactones) is 1. The molecular formula is C14H18O3. The summed E-state index contributed by atoms with van der Waals surface area (Å²) in [4.78, 5) is 11.1. The van der Waals surface area contributed by atoms with Gasteiger partial charge in [0.2, 0.25) is 0 Å². The van der Waals surface area contributed by atoms with Crippen LogP contribution in [0.5, 0.6) is 5.75 Å². The molecule has 0 aromatic heterocycles. The molecule has 0 spiro atoms. The van der Waals surface area contributed by atoms with E-state index in [1.54, 1.807) is 7.11 Å².